The van der Waals surface area contributed by atoms with Gasteiger partial charge in [0.25, 0.3) is 0 Å². The lowest BCUT2D eigenvalue weighted by Gasteiger charge is -2.22. The Morgan fingerprint density at radius 3 is 2.74 bits per heavy atom. The Bertz CT molecular complexity index is 1160. The van der Waals surface area contributed by atoms with Gasteiger partial charge in [-0.15, -0.1) is 10.2 Å². The summed E-state index contributed by atoms with van der Waals surface area (Å²) in [6, 6.07) is 10.1. The second kappa shape index (κ2) is 10.6. The van der Waals surface area contributed by atoms with Crippen molar-refractivity contribution in [2.75, 3.05) is 27.3 Å². The van der Waals surface area contributed by atoms with Crippen LogP contribution in [0.5, 0.6) is 11.5 Å². The number of halogens is 1. The zero-order valence-corrected chi connectivity index (χ0v) is 19.8. The monoisotopic (exact) mass is 467 g/mol. The molecule has 8 nitrogen and oxygen atoms in total. The summed E-state index contributed by atoms with van der Waals surface area (Å²) in [5.74, 6) is 2.77. The number of carbonyl (C=O) groups is 1. The molecule has 0 atom stereocenters. The highest BCUT2D eigenvalue weighted by molar-refractivity contribution is 5.78. The fraction of sp³-hybridized carbons (Fsp3) is 0.400. The standard InChI is InChI=1S/C25H30FN5O3/c1-17-21(33-2)8-7-19(25(17)34-3)16-30-10-9-22-28-29-23(31(22)12-11-30)15-27-24(32)14-18-5-4-6-20(26)13-18/h4-8,13H,9-12,14-16H2,1-3H3,(H,27,32). The lowest BCUT2D eigenvalue weighted by Crippen LogP contribution is -2.28. The first kappa shape index (κ1) is 23.7. The number of nitrogens with zero attached hydrogens (tertiary/aromatic N) is 4. The highest BCUT2D eigenvalue weighted by atomic mass is 19.1. The zero-order valence-electron chi connectivity index (χ0n) is 19.8. The molecule has 2 heterocycles. The summed E-state index contributed by atoms with van der Waals surface area (Å²) in [5.41, 5.74) is 2.74. The summed E-state index contributed by atoms with van der Waals surface area (Å²) in [6.45, 7) is 5.44. The van der Waals surface area contributed by atoms with Gasteiger partial charge in [-0.05, 0) is 30.7 Å². The maximum absolute atomic E-state index is 13.3. The van der Waals surface area contributed by atoms with E-state index in [0.29, 0.717) is 5.56 Å². The zero-order chi connectivity index (χ0) is 24.1. The molecule has 0 spiro atoms. The summed E-state index contributed by atoms with van der Waals surface area (Å²) in [6.07, 6.45) is 0.886. The van der Waals surface area contributed by atoms with E-state index < -0.39 is 0 Å². The molecule has 1 aliphatic rings. The number of hydrogen-bond acceptors (Lipinski definition) is 6. The van der Waals surface area contributed by atoms with Gasteiger partial charge in [-0.3, -0.25) is 9.69 Å². The number of benzene rings is 2. The SMILES string of the molecule is COc1ccc(CN2CCc3nnc(CNC(=O)Cc4cccc(F)c4)n3CC2)c(OC)c1C. The number of hydrogen-bond donors (Lipinski definition) is 1. The molecule has 9 heteroatoms. The van der Waals surface area contributed by atoms with Crippen molar-refractivity contribution in [1.82, 2.24) is 25.0 Å². The predicted molar refractivity (Wildman–Crippen MR) is 125 cm³/mol. The molecular formula is C25H30FN5O3. The molecule has 0 saturated heterocycles. The second-order valence-corrected chi connectivity index (χ2v) is 8.38. The van der Waals surface area contributed by atoms with Crippen molar-refractivity contribution in [3.63, 3.8) is 0 Å². The molecule has 180 valence electrons. The molecule has 4 rings (SSSR count). The molecule has 2 aromatic carbocycles. The van der Waals surface area contributed by atoms with Crippen molar-refractivity contribution in [3.05, 3.63) is 70.6 Å². The number of ether oxygens (including phenoxy) is 2. The Hall–Kier alpha value is -3.46. The van der Waals surface area contributed by atoms with Crippen LogP contribution in [-0.4, -0.2) is 52.9 Å². The molecule has 1 amide bonds. The summed E-state index contributed by atoms with van der Waals surface area (Å²) in [4.78, 5) is 14.7. The number of amides is 1. The molecule has 0 aliphatic carbocycles. The van der Waals surface area contributed by atoms with Gasteiger partial charge in [0.05, 0.1) is 27.2 Å². The summed E-state index contributed by atoms with van der Waals surface area (Å²) >= 11 is 0. The number of fused-ring (bicyclic) bond motifs is 1. The minimum atomic E-state index is -0.347. The van der Waals surface area contributed by atoms with Gasteiger partial charge in [-0.1, -0.05) is 18.2 Å². The molecular weight excluding hydrogens is 437 g/mol. The van der Waals surface area contributed by atoms with E-state index in [4.69, 9.17) is 9.47 Å². The Balaban J connectivity index is 1.36. The third-order valence-electron chi connectivity index (χ3n) is 6.15. The first-order valence-electron chi connectivity index (χ1n) is 11.3. The molecule has 0 saturated carbocycles. The second-order valence-electron chi connectivity index (χ2n) is 8.38. The van der Waals surface area contributed by atoms with E-state index in [2.05, 4.69) is 31.0 Å². The molecule has 34 heavy (non-hydrogen) atoms. The van der Waals surface area contributed by atoms with E-state index in [0.717, 1.165) is 66.9 Å². The van der Waals surface area contributed by atoms with E-state index >= 15 is 0 Å². The summed E-state index contributed by atoms with van der Waals surface area (Å²) in [7, 11) is 3.34. The highest BCUT2D eigenvalue weighted by Crippen LogP contribution is 2.32. The van der Waals surface area contributed by atoms with E-state index in [9.17, 15) is 9.18 Å². The number of carbonyl (C=O) groups excluding carboxylic acids is 1. The number of methoxy groups -OCH3 is 2. The van der Waals surface area contributed by atoms with Crippen molar-refractivity contribution in [2.24, 2.45) is 0 Å². The molecule has 1 N–H and O–H groups in total. The lowest BCUT2D eigenvalue weighted by atomic mass is 10.1. The van der Waals surface area contributed by atoms with Crippen LogP contribution in [0, 0.1) is 12.7 Å². The van der Waals surface area contributed by atoms with Gasteiger partial charge in [0.1, 0.15) is 23.1 Å². The maximum atomic E-state index is 13.3. The van der Waals surface area contributed by atoms with Crippen molar-refractivity contribution in [3.8, 4) is 11.5 Å². The van der Waals surface area contributed by atoms with Crippen molar-refractivity contribution in [1.29, 1.82) is 0 Å². The van der Waals surface area contributed by atoms with Crippen LogP contribution in [-0.2, 0) is 37.3 Å². The van der Waals surface area contributed by atoms with Crippen LogP contribution in [0.4, 0.5) is 4.39 Å². The average Bonchev–Trinajstić information content (AvgIpc) is 3.10. The van der Waals surface area contributed by atoms with E-state index in [1.165, 1.54) is 12.1 Å². The van der Waals surface area contributed by atoms with Crippen LogP contribution in [0.15, 0.2) is 36.4 Å². The van der Waals surface area contributed by atoms with E-state index in [1.54, 1.807) is 26.4 Å². The highest BCUT2D eigenvalue weighted by Gasteiger charge is 2.21. The largest absolute Gasteiger partial charge is 0.496 e. The first-order valence-corrected chi connectivity index (χ1v) is 11.3. The summed E-state index contributed by atoms with van der Waals surface area (Å²) in [5, 5.41) is 11.5. The van der Waals surface area contributed by atoms with Gasteiger partial charge in [0.15, 0.2) is 5.82 Å². The topological polar surface area (TPSA) is 81.5 Å². The molecule has 1 aromatic heterocycles. The van der Waals surface area contributed by atoms with E-state index in [-0.39, 0.29) is 24.7 Å². The molecule has 0 unspecified atom stereocenters. The Morgan fingerprint density at radius 1 is 1.12 bits per heavy atom. The molecule has 0 fully saturated rings. The fourth-order valence-corrected chi connectivity index (χ4v) is 4.39. The normalized spacial score (nSPS) is 13.8. The van der Waals surface area contributed by atoms with Crippen LogP contribution >= 0.6 is 0 Å². The lowest BCUT2D eigenvalue weighted by molar-refractivity contribution is -0.120. The maximum Gasteiger partial charge on any atom is 0.224 e. The third-order valence-corrected chi connectivity index (χ3v) is 6.15. The molecule has 1 aliphatic heterocycles. The van der Waals surface area contributed by atoms with Crippen LogP contribution in [0.3, 0.4) is 0 Å². The van der Waals surface area contributed by atoms with Gasteiger partial charge in [-0.25, -0.2) is 4.39 Å². The first-order chi connectivity index (χ1) is 16.5. The van der Waals surface area contributed by atoms with Crippen molar-refractivity contribution >= 4 is 5.91 Å². The van der Waals surface area contributed by atoms with Gasteiger partial charge in [0.2, 0.25) is 5.91 Å². The number of nitrogens with one attached hydrogen (secondary N) is 1. The predicted octanol–water partition coefficient (Wildman–Crippen LogP) is 2.66. The Kier molecular flexibility index (Phi) is 7.42. The van der Waals surface area contributed by atoms with Gasteiger partial charge in [-0.2, -0.15) is 0 Å². The van der Waals surface area contributed by atoms with Gasteiger partial charge in [0, 0.05) is 43.7 Å². The smallest absolute Gasteiger partial charge is 0.224 e. The molecule has 0 radical (unpaired) electrons. The van der Waals surface area contributed by atoms with Crippen LogP contribution in [0.1, 0.15) is 28.3 Å². The van der Waals surface area contributed by atoms with Crippen LogP contribution in [0.25, 0.3) is 0 Å². The third kappa shape index (κ3) is 5.36. The quantitative estimate of drug-likeness (QED) is 0.549. The Labute approximate surface area is 198 Å². The minimum absolute atomic E-state index is 0.121. The van der Waals surface area contributed by atoms with Gasteiger partial charge >= 0.3 is 0 Å². The summed E-state index contributed by atoms with van der Waals surface area (Å²) < 4.78 is 26.5. The van der Waals surface area contributed by atoms with Crippen LogP contribution < -0.4 is 14.8 Å². The van der Waals surface area contributed by atoms with Crippen molar-refractivity contribution < 1.29 is 18.7 Å². The average molecular weight is 468 g/mol. The molecule has 0 bridgehead atoms. The number of rotatable bonds is 8. The van der Waals surface area contributed by atoms with Crippen molar-refractivity contribution in [2.45, 2.75) is 39.4 Å². The fourth-order valence-electron chi connectivity index (χ4n) is 4.39. The number of aromatic nitrogens is 3. The Morgan fingerprint density at radius 2 is 1.97 bits per heavy atom. The van der Waals surface area contributed by atoms with Crippen LogP contribution in [0.2, 0.25) is 0 Å². The minimum Gasteiger partial charge on any atom is -0.496 e. The van der Waals surface area contributed by atoms with Gasteiger partial charge < -0.3 is 19.4 Å². The molecule has 3 aromatic rings. The van der Waals surface area contributed by atoms with E-state index in [1.807, 2.05) is 13.0 Å².